The van der Waals surface area contributed by atoms with Gasteiger partial charge in [-0.15, -0.1) is 0 Å². The number of benzene rings is 4. The second-order valence-corrected chi connectivity index (χ2v) is 6.32. The average molecular weight is 314 g/mol. The lowest BCUT2D eigenvalue weighted by Crippen LogP contribution is -1.95. The molecule has 0 atom stereocenters. The van der Waals surface area contributed by atoms with Crippen molar-refractivity contribution in [3.63, 3.8) is 0 Å². The van der Waals surface area contributed by atoms with Gasteiger partial charge in [-0.2, -0.15) is 0 Å². The summed E-state index contributed by atoms with van der Waals surface area (Å²) in [6, 6.07) is 19.3. The summed E-state index contributed by atoms with van der Waals surface area (Å²) in [5.74, 6) is -0.752. The summed E-state index contributed by atoms with van der Waals surface area (Å²) in [6.07, 6.45) is 1.51. The zero-order valence-electron chi connectivity index (χ0n) is 13.4. The van der Waals surface area contributed by atoms with Crippen LogP contribution in [-0.2, 0) is 4.79 Å². The van der Waals surface area contributed by atoms with Crippen molar-refractivity contribution in [2.24, 2.45) is 0 Å². The Morgan fingerprint density at radius 1 is 0.833 bits per heavy atom. The molecule has 1 N–H and O–H groups in total. The summed E-state index contributed by atoms with van der Waals surface area (Å²) >= 11 is 0. The van der Waals surface area contributed by atoms with E-state index in [2.05, 4.69) is 61.2 Å². The first-order valence-corrected chi connectivity index (χ1v) is 8.21. The van der Waals surface area contributed by atoms with E-state index in [-0.39, 0.29) is 6.42 Å². The van der Waals surface area contributed by atoms with Crippen molar-refractivity contribution in [2.75, 3.05) is 0 Å². The van der Waals surface area contributed by atoms with Gasteiger partial charge >= 0.3 is 5.97 Å². The van der Waals surface area contributed by atoms with Crippen LogP contribution in [0.15, 0.2) is 61.2 Å². The smallest absolute Gasteiger partial charge is 0.303 e. The highest BCUT2D eigenvalue weighted by Crippen LogP contribution is 2.38. The van der Waals surface area contributed by atoms with Crippen LogP contribution in [0.4, 0.5) is 0 Å². The Morgan fingerprint density at radius 2 is 1.46 bits per heavy atom. The number of hydrogen-bond donors (Lipinski definition) is 1. The molecule has 0 aromatic heterocycles. The molecule has 0 fully saturated rings. The molecule has 24 heavy (non-hydrogen) atoms. The molecule has 0 amide bonds. The third kappa shape index (κ3) is 2.31. The van der Waals surface area contributed by atoms with Gasteiger partial charge in [0.1, 0.15) is 0 Å². The SMILES string of the molecule is C=C(CCCC(=O)O)c1ccc2ccc3cccc4ccc1c2c34. The van der Waals surface area contributed by atoms with E-state index < -0.39 is 5.97 Å². The monoisotopic (exact) mass is 314 g/mol. The molecule has 0 spiro atoms. The van der Waals surface area contributed by atoms with Crippen LogP contribution in [0.3, 0.4) is 0 Å². The largest absolute Gasteiger partial charge is 0.481 e. The molecule has 4 rings (SSSR count). The summed E-state index contributed by atoms with van der Waals surface area (Å²) in [6.45, 7) is 4.21. The molecule has 0 heterocycles. The van der Waals surface area contributed by atoms with Crippen molar-refractivity contribution >= 4 is 43.9 Å². The lowest BCUT2D eigenvalue weighted by Gasteiger charge is -2.15. The number of carboxylic acids is 1. The fourth-order valence-electron chi connectivity index (χ4n) is 3.63. The minimum atomic E-state index is -0.752. The summed E-state index contributed by atoms with van der Waals surface area (Å²) in [5, 5.41) is 16.3. The number of rotatable bonds is 5. The summed E-state index contributed by atoms with van der Waals surface area (Å²) in [4.78, 5) is 10.7. The van der Waals surface area contributed by atoms with Gasteiger partial charge in [0.15, 0.2) is 0 Å². The molecule has 0 aliphatic carbocycles. The molecule has 118 valence electrons. The number of aliphatic carboxylic acids is 1. The van der Waals surface area contributed by atoms with Gasteiger partial charge in [0.25, 0.3) is 0 Å². The van der Waals surface area contributed by atoms with E-state index in [1.807, 2.05) is 0 Å². The van der Waals surface area contributed by atoms with Crippen molar-refractivity contribution in [3.05, 3.63) is 66.7 Å². The van der Waals surface area contributed by atoms with E-state index >= 15 is 0 Å². The maximum atomic E-state index is 10.7. The van der Waals surface area contributed by atoms with E-state index in [4.69, 9.17) is 5.11 Å². The van der Waals surface area contributed by atoms with Gasteiger partial charge < -0.3 is 5.11 Å². The molecule has 4 aromatic rings. The van der Waals surface area contributed by atoms with Crippen molar-refractivity contribution in [2.45, 2.75) is 19.3 Å². The second kappa shape index (κ2) is 5.64. The highest BCUT2D eigenvalue weighted by Gasteiger charge is 2.12. The van der Waals surface area contributed by atoms with Crippen LogP contribution in [0.25, 0.3) is 37.9 Å². The van der Waals surface area contributed by atoms with E-state index in [1.165, 1.54) is 32.3 Å². The number of allylic oxidation sites excluding steroid dienone is 1. The average Bonchev–Trinajstić information content (AvgIpc) is 2.59. The standard InChI is InChI=1S/C22H18O2/c1-14(4-2-7-20(23)24)18-12-10-17-9-8-15-5-3-6-16-11-13-19(18)22(17)21(15)16/h3,5-6,8-13H,1-2,4,7H2,(H,23,24). The fraction of sp³-hybridized carbons (Fsp3) is 0.136. The molecular weight excluding hydrogens is 296 g/mol. The fourth-order valence-corrected chi connectivity index (χ4v) is 3.63. The van der Waals surface area contributed by atoms with E-state index in [0.717, 1.165) is 11.1 Å². The third-order valence-electron chi connectivity index (χ3n) is 4.78. The van der Waals surface area contributed by atoms with Gasteiger partial charge in [0.2, 0.25) is 0 Å². The first-order chi connectivity index (χ1) is 11.6. The second-order valence-electron chi connectivity index (χ2n) is 6.32. The topological polar surface area (TPSA) is 37.3 Å². The molecule has 4 aromatic carbocycles. The maximum absolute atomic E-state index is 10.7. The minimum absolute atomic E-state index is 0.185. The molecule has 2 heteroatoms. The Hall–Kier alpha value is -2.87. The van der Waals surface area contributed by atoms with Crippen LogP contribution >= 0.6 is 0 Å². The van der Waals surface area contributed by atoms with Crippen molar-refractivity contribution < 1.29 is 9.90 Å². The van der Waals surface area contributed by atoms with Gasteiger partial charge in [-0.1, -0.05) is 61.2 Å². The Balaban J connectivity index is 1.88. The van der Waals surface area contributed by atoms with Gasteiger partial charge in [-0.3, -0.25) is 4.79 Å². The van der Waals surface area contributed by atoms with Crippen molar-refractivity contribution in [1.29, 1.82) is 0 Å². The van der Waals surface area contributed by atoms with Gasteiger partial charge in [-0.25, -0.2) is 0 Å². The van der Waals surface area contributed by atoms with E-state index in [0.29, 0.717) is 12.8 Å². The molecule has 0 saturated heterocycles. The van der Waals surface area contributed by atoms with Crippen LogP contribution in [0.5, 0.6) is 0 Å². The Kier molecular flexibility index (Phi) is 3.46. The molecule has 2 nitrogen and oxygen atoms in total. The Morgan fingerprint density at radius 3 is 2.17 bits per heavy atom. The van der Waals surface area contributed by atoms with Crippen LogP contribution in [0, 0.1) is 0 Å². The number of carboxylic acid groups (broad SMARTS) is 1. The molecular formula is C22H18O2. The zero-order valence-corrected chi connectivity index (χ0v) is 13.4. The molecule has 0 bridgehead atoms. The van der Waals surface area contributed by atoms with E-state index in [9.17, 15) is 4.79 Å². The van der Waals surface area contributed by atoms with Crippen LogP contribution in [0.2, 0.25) is 0 Å². The van der Waals surface area contributed by atoms with Gasteiger partial charge in [0.05, 0.1) is 0 Å². The summed E-state index contributed by atoms with van der Waals surface area (Å²) in [5.41, 5.74) is 2.14. The maximum Gasteiger partial charge on any atom is 0.303 e. The lowest BCUT2D eigenvalue weighted by atomic mass is 9.89. The third-order valence-corrected chi connectivity index (χ3v) is 4.78. The normalized spacial score (nSPS) is 11.5. The number of carbonyl (C=O) groups is 1. The Bertz CT molecular complexity index is 1060. The predicted molar refractivity (Wildman–Crippen MR) is 101 cm³/mol. The highest BCUT2D eigenvalue weighted by molar-refractivity contribution is 6.24. The first kappa shape index (κ1) is 14.7. The van der Waals surface area contributed by atoms with Crippen LogP contribution in [-0.4, -0.2) is 11.1 Å². The van der Waals surface area contributed by atoms with E-state index in [1.54, 1.807) is 0 Å². The Labute approximate surface area is 140 Å². The van der Waals surface area contributed by atoms with Crippen molar-refractivity contribution in [1.82, 2.24) is 0 Å². The molecule has 0 radical (unpaired) electrons. The molecule has 0 saturated carbocycles. The summed E-state index contributed by atoms with van der Waals surface area (Å²) < 4.78 is 0. The lowest BCUT2D eigenvalue weighted by molar-refractivity contribution is -0.137. The van der Waals surface area contributed by atoms with Crippen molar-refractivity contribution in [3.8, 4) is 0 Å². The van der Waals surface area contributed by atoms with Crippen LogP contribution < -0.4 is 0 Å². The van der Waals surface area contributed by atoms with Gasteiger partial charge in [-0.05, 0) is 56.3 Å². The predicted octanol–water partition coefficient (Wildman–Crippen LogP) is 5.85. The first-order valence-electron chi connectivity index (χ1n) is 8.21. The van der Waals surface area contributed by atoms with Gasteiger partial charge in [0, 0.05) is 6.42 Å². The molecule has 0 unspecified atom stereocenters. The summed E-state index contributed by atoms with van der Waals surface area (Å²) in [7, 11) is 0. The quantitative estimate of drug-likeness (QED) is 0.469. The molecule has 0 aliphatic heterocycles. The zero-order chi connectivity index (χ0) is 16.7. The molecule has 0 aliphatic rings. The minimum Gasteiger partial charge on any atom is -0.481 e. The highest BCUT2D eigenvalue weighted by atomic mass is 16.4. The van der Waals surface area contributed by atoms with Crippen LogP contribution in [0.1, 0.15) is 24.8 Å². The number of hydrogen-bond acceptors (Lipinski definition) is 1.